The van der Waals surface area contributed by atoms with Crippen LogP contribution in [0.1, 0.15) is 11.7 Å². The summed E-state index contributed by atoms with van der Waals surface area (Å²) in [6.45, 7) is 1.09. The predicted octanol–water partition coefficient (Wildman–Crippen LogP) is 0.726. The first kappa shape index (κ1) is 4.94. The van der Waals surface area contributed by atoms with Gasteiger partial charge in [-0.05, 0) is 12.1 Å². The van der Waals surface area contributed by atoms with Crippen molar-refractivity contribution < 1.29 is 0 Å². The fourth-order valence-corrected chi connectivity index (χ4v) is 0.850. The number of hydrogen-bond acceptors (Lipinski definition) is 2. The van der Waals surface area contributed by atoms with E-state index in [4.69, 9.17) is 0 Å². The highest BCUT2D eigenvalue weighted by Gasteiger charge is 2.22. The zero-order valence-electron chi connectivity index (χ0n) is 5.04. The van der Waals surface area contributed by atoms with Crippen LogP contribution >= 0.6 is 0 Å². The molecule has 0 aliphatic carbocycles. The summed E-state index contributed by atoms with van der Waals surface area (Å²) in [5.41, 5.74) is 1.16. The van der Waals surface area contributed by atoms with Crippen molar-refractivity contribution in [3.05, 3.63) is 30.1 Å². The Balaban J connectivity index is 2.29. The van der Waals surface area contributed by atoms with Gasteiger partial charge in [0.05, 0.1) is 11.7 Å². The average molecular weight is 120 g/mol. The molecule has 2 nitrogen and oxygen atoms in total. The van der Waals surface area contributed by atoms with Gasteiger partial charge in [-0.15, -0.1) is 0 Å². The molecule has 1 aliphatic rings. The fourth-order valence-electron chi connectivity index (χ4n) is 0.850. The van der Waals surface area contributed by atoms with E-state index in [1.54, 1.807) is 0 Å². The van der Waals surface area contributed by atoms with E-state index in [2.05, 4.69) is 10.3 Å². The molecule has 1 aromatic rings. The lowest BCUT2D eigenvalue weighted by Crippen LogP contribution is -1.86. The minimum absolute atomic E-state index is 0.547. The van der Waals surface area contributed by atoms with Gasteiger partial charge in [-0.25, -0.2) is 0 Å². The lowest BCUT2D eigenvalue weighted by atomic mass is 10.3. The van der Waals surface area contributed by atoms with Crippen molar-refractivity contribution in [2.24, 2.45) is 0 Å². The maximum atomic E-state index is 4.18. The Morgan fingerprint density at radius 1 is 1.56 bits per heavy atom. The van der Waals surface area contributed by atoms with E-state index in [0.29, 0.717) is 6.04 Å². The standard InChI is InChI=1S/C7H8N2/c1-2-4-8-6(3-1)7-5-9-7/h1-4,7,9H,5H2/t7-/m0/s1. The molecule has 1 aromatic heterocycles. The van der Waals surface area contributed by atoms with Crippen LogP contribution in [-0.4, -0.2) is 11.5 Å². The summed E-state index contributed by atoms with van der Waals surface area (Å²) < 4.78 is 0. The van der Waals surface area contributed by atoms with Gasteiger partial charge in [0.2, 0.25) is 0 Å². The zero-order chi connectivity index (χ0) is 6.10. The normalized spacial score (nSPS) is 23.8. The van der Waals surface area contributed by atoms with Crippen LogP contribution < -0.4 is 5.32 Å². The van der Waals surface area contributed by atoms with Gasteiger partial charge < -0.3 is 5.32 Å². The van der Waals surface area contributed by atoms with Crippen LogP contribution in [0.25, 0.3) is 0 Å². The van der Waals surface area contributed by atoms with Crippen LogP contribution in [0.2, 0.25) is 0 Å². The molecule has 0 aromatic carbocycles. The SMILES string of the molecule is c1ccc([C@@H]2CN2)nc1. The minimum atomic E-state index is 0.547. The predicted molar refractivity (Wildman–Crippen MR) is 35.0 cm³/mol. The third-order valence-electron chi connectivity index (χ3n) is 1.45. The number of pyridine rings is 1. The Hall–Kier alpha value is -0.890. The van der Waals surface area contributed by atoms with Gasteiger partial charge >= 0.3 is 0 Å². The Morgan fingerprint density at radius 3 is 3.00 bits per heavy atom. The van der Waals surface area contributed by atoms with Crippen molar-refractivity contribution in [3.63, 3.8) is 0 Å². The second-order valence-electron chi connectivity index (χ2n) is 2.22. The van der Waals surface area contributed by atoms with Gasteiger partial charge in [0, 0.05) is 12.7 Å². The van der Waals surface area contributed by atoms with E-state index in [0.717, 1.165) is 12.2 Å². The van der Waals surface area contributed by atoms with E-state index in [-0.39, 0.29) is 0 Å². The monoisotopic (exact) mass is 120 g/mol. The molecule has 1 saturated heterocycles. The van der Waals surface area contributed by atoms with E-state index in [1.165, 1.54) is 0 Å². The second kappa shape index (κ2) is 1.81. The van der Waals surface area contributed by atoms with Crippen LogP contribution in [0.15, 0.2) is 24.4 Å². The largest absolute Gasteiger partial charge is 0.306 e. The lowest BCUT2D eigenvalue weighted by molar-refractivity contribution is 0.994. The van der Waals surface area contributed by atoms with Crippen molar-refractivity contribution in [3.8, 4) is 0 Å². The van der Waals surface area contributed by atoms with Crippen molar-refractivity contribution in [2.75, 3.05) is 6.54 Å². The van der Waals surface area contributed by atoms with Crippen molar-refractivity contribution in [1.29, 1.82) is 0 Å². The molecule has 0 radical (unpaired) electrons. The summed E-state index contributed by atoms with van der Waals surface area (Å²) in [6.07, 6.45) is 1.83. The van der Waals surface area contributed by atoms with Crippen LogP contribution in [-0.2, 0) is 0 Å². The van der Waals surface area contributed by atoms with Crippen molar-refractivity contribution in [2.45, 2.75) is 6.04 Å². The molecule has 1 fully saturated rings. The van der Waals surface area contributed by atoms with Gasteiger partial charge in [0.1, 0.15) is 0 Å². The molecule has 9 heavy (non-hydrogen) atoms. The molecule has 0 amide bonds. The van der Waals surface area contributed by atoms with Gasteiger partial charge in [-0.3, -0.25) is 4.98 Å². The molecule has 2 rings (SSSR count). The molecule has 0 saturated carbocycles. The van der Waals surface area contributed by atoms with Crippen LogP contribution in [0.5, 0.6) is 0 Å². The average Bonchev–Trinajstić information content (AvgIpc) is 2.71. The fraction of sp³-hybridized carbons (Fsp3) is 0.286. The first-order valence-corrected chi connectivity index (χ1v) is 3.11. The second-order valence-corrected chi connectivity index (χ2v) is 2.22. The number of nitrogens with zero attached hydrogens (tertiary/aromatic N) is 1. The highest BCUT2D eigenvalue weighted by molar-refractivity contribution is 5.13. The van der Waals surface area contributed by atoms with Gasteiger partial charge in [0.15, 0.2) is 0 Å². The molecular formula is C7H8N2. The Labute approximate surface area is 53.9 Å². The molecule has 0 bridgehead atoms. The quantitative estimate of drug-likeness (QED) is 0.554. The summed E-state index contributed by atoms with van der Waals surface area (Å²) in [7, 11) is 0. The summed E-state index contributed by atoms with van der Waals surface area (Å²) in [5, 5.41) is 3.19. The zero-order valence-corrected chi connectivity index (χ0v) is 5.04. The first-order valence-electron chi connectivity index (χ1n) is 3.11. The third kappa shape index (κ3) is 0.933. The molecule has 1 atom stereocenters. The molecule has 0 spiro atoms. The maximum absolute atomic E-state index is 4.18. The van der Waals surface area contributed by atoms with E-state index < -0.39 is 0 Å². The van der Waals surface area contributed by atoms with Crippen LogP contribution in [0, 0.1) is 0 Å². The highest BCUT2D eigenvalue weighted by Crippen LogP contribution is 2.17. The molecular weight excluding hydrogens is 112 g/mol. The van der Waals surface area contributed by atoms with Crippen molar-refractivity contribution >= 4 is 0 Å². The van der Waals surface area contributed by atoms with Gasteiger partial charge in [-0.2, -0.15) is 0 Å². The maximum Gasteiger partial charge on any atom is 0.0622 e. The first-order chi connectivity index (χ1) is 4.47. The Kier molecular flexibility index (Phi) is 0.993. The summed E-state index contributed by atoms with van der Waals surface area (Å²) in [5.74, 6) is 0. The molecule has 0 unspecified atom stereocenters. The summed E-state index contributed by atoms with van der Waals surface area (Å²) >= 11 is 0. The number of hydrogen-bond donors (Lipinski definition) is 1. The highest BCUT2D eigenvalue weighted by atomic mass is 15.1. The van der Waals surface area contributed by atoms with Crippen molar-refractivity contribution in [1.82, 2.24) is 10.3 Å². The van der Waals surface area contributed by atoms with Gasteiger partial charge in [0.25, 0.3) is 0 Å². The number of rotatable bonds is 1. The third-order valence-corrected chi connectivity index (χ3v) is 1.45. The molecule has 2 heteroatoms. The van der Waals surface area contributed by atoms with Crippen LogP contribution in [0.3, 0.4) is 0 Å². The molecule has 1 N–H and O–H groups in total. The van der Waals surface area contributed by atoms with E-state index in [9.17, 15) is 0 Å². The number of nitrogens with one attached hydrogen (secondary N) is 1. The Bertz CT molecular complexity index is 191. The molecule has 1 aliphatic heterocycles. The summed E-state index contributed by atoms with van der Waals surface area (Å²) in [4.78, 5) is 4.18. The smallest absolute Gasteiger partial charge is 0.0622 e. The van der Waals surface area contributed by atoms with E-state index >= 15 is 0 Å². The Morgan fingerprint density at radius 2 is 2.44 bits per heavy atom. The topological polar surface area (TPSA) is 34.8 Å². The minimum Gasteiger partial charge on any atom is -0.306 e. The summed E-state index contributed by atoms with van der Waals surface area (Å²) in [6, 6.07) is 6.55. The van der Waals surface area contributed by atoms with Crippen LogP contribution in [0.4, 0.5) is 0 Å². The molecule has 2 heterocycles. The lowest BCUT2D eigenvalue weighted by Gasteiger charge is -1.90. The molecule has 46 valence electrons. The van der Waals surface area contributed by atoms with Gasteiger partial charge in [-0.1, -0.05) is 6.07 Å². The number of aromatic nitrogens is 1. The van der Waals surface area contributed by atoms with E-state index in [1.807, 2.05) is 24.4 Å².